The Balaban J connectivity index is 1.84. The van der Waals surface area contributed by atoms with E-state index in [1.807, 2.05) is 4.90 Å². The molecule has 0 saturated carbocycles. The fourth-order valence-electron chi connectivity index (χ4n) is 3.30. The van der Waals surface area contributed by atoms with E-state index in [0.29, 0.717) is 38.7 Å². The maximum atomic E-state index is 11.6. The van der Waals surface area contributed by atoms with Gasteiger partial charge in [-0.1, -0.05) is 0 Å². The molecule has 1 N–H and O–H groups in total. The predicted molar refractivity (Wildman–Crippen MR) is 86.9 cm³/mol. The lowest BCUT2D eigenvalue weighted by Gasteiger charge is -2.31. The van der Waals surface area contributed by atoms with Gasteiger partial charge in [0.2, 0.25) is 0 Å². The van der Waals surface area contributed by atoms with E-state index < -0.39 is 15.8 Å². The van der Waals surface area contributed by atoms with Crippen molar-refractivity contribution in [2.24, 2.45) is 5.92 Å². The van der Waals surface area contributed by atoms with Crippen LogP contribution in [0.2, 0.25) is 0 Å². The monoisotopic (exact) mass is 355 g/mol. The molecular weight excluding hydrogens is 334 g/mol. The number of carboxylic acid groups (broad SMARTS) is 1. The average Bonchev–Trinajstić information content (AvgIpc) is 2.76. The topological polar surface area (TPSA) is 100 Å². The van der Waals surface area contributed by atoms with Crippen LogP contribution in [0.3, 0.4) is 0 Å². The fraction of sp³-hybridized carbons (Fsp3) is 0.600. The second-order valence-corrected chi connectivity index (χ2v) is 8.44. The summed E-state index contributed by atoms with van der Waals surface area (Å²) < 4.78 is 28.8. The van der Waals surface area contributed by atoms with E-state index >= 15 is 0 Å². The number of carbonyl (C=O) groups is 1. The number of rotatable bonds is 4. The van der Waals surface area contributed by atoms with Gasteiger partial charge in [0.25, 0.3) is 0 Å². The highest BCUT2D eigenvalue weighted by Crippen LogP contribution is 2.25. The number of ether oxygens (including phenoxy) is 1. The molecule has 0 radical (unpaired) electrons. The van der Waals surface area contributed by atoms with Gasteiger partial charge in [-0.15, -0.1) is 0 Å². The SMILES string of the molecule is CS(=O)(=O)c1ccc(N2C[C@H]3COC[C@@H]2CN(CC(=O)O)C3)nc1. The Morgan fingerprint density at radius 2 is 2.12 bits per heavy atom. The summed E-state index contributed by atoms with van der Waals surface area (Å²) in [6.07, 6.45) is 2.52. The number of hydrogen-bond donors (Lipinski definition) is 1. The molecule has 9 heteroatoms. The molecule has 0 aromatic carbocycles. The molecule has 8 nitrogen and oxygen atoms in total. The molecular formula is C15H21N3O5S. The van der Waals surface area contributed by atoms with Crippen LogP contribution < -0.4 is 4.90 Å². The quantitative estimate of drug-likeness (QED) is 0.786. The molecule has 2 bridgehead atoms. The summed E-state index contributed by atoms with van der Waals surface area (Å²) in [6, 6.07) is 3.26. The Morgan fingerprint density at radius 1 is 1.33 bits per heavy atom. The lowest BCUT2D eigenvalue weighted by atomic mass is 10.1. The van der Waals surface area contributed by atoms with E-state index in [9.17, 15) is 13.2 Å². The van der Waals surface area contributed by atoms with Crippen molar-refractivity contribution in [2.75, 3.05) is 50.5 Å². The molecule has 2 atom stereocenters. The molecule has 0 unspecified atom stereocenters. The van der Waals surface area contributed by atoms with Crippen molar-refractivity contribution in [2.45, 2.75) is 10.9 Å². The number of pyridine rings is 1. The minimum absolute atomic E-state index is 0.00608. The van der Waals surface area contributed by atoms with Crippen LogP contribution in [0.1, 0.15) is 0 Å². The third kappa shape index (κ3) is 3.85. The molecule has 0 aliphatic carbocycles. The van der Waals surface area contributed by atoms with Gasteiger partial charge in [-0.3, -0.25) is 9.69 Å². The highest BCUT2D eigenvalue weighted by atomic mass is 32.2. The zero-order chi connectivity index (χ0) is 17.3. The minimum Gasteiger partial charge on any atom is -0.480 e. The summed E-state index contributed by atoms with van der Waals surface area (Å²) in [5, 5.41) is 9.05. The van der Waals surface area contributed by atoms with Gasteiger partial charge in [0.05, 0.1) is 30.7 Å². The summed E-state index contributed by atoms with van der Waals surface area (Å²) in [5.41, 5.74) is 0. The van der Waals surface area contributed by atoms with E-state index in [4.69, 9.17) is 9.84 Å². The van der Waals surface area contributed by atoms with Gasteiger partial charge in [-0.25, -0.2) is 13.4 Å². The Hall–Kier alpha value is -1.71. The van der Waals surface area contributed by atoms with Crippen molar-refractivity contribution in [3.8, 4) is 0 Å². The molecule has 2 saturated heterocycles. The third-order valence-corrected chi connectivity index (χ3v) is 5.44. The average molecular weight is 355 g/mol. The van der Waals surface area contributed by atoms with Crippen LogP contribution in [0, 0.1) is 5.92 Å². The molecule has 2 fully saturated rings. The maximum Gasteiger partial charge on any atom is 0.317 e. The van der Waals surface area contributed by atoms with Gasteiger partial charge in [0, 0.05) is 38.0 Å². The molecule has 3 heterocycles. The first-order valence-corrected chi connectivity index (χ1v) is 9.66. The third-order valence-electron chi connectivity index (χ3n) is 4.35. The van der Waals surface area contributed by atoms with Crippen LogP contribution in [-0.4, -0.2) is 81.1 Å². The molecule has 1 aromatic heterocycles. The highest BCUT2D eigenvalue weighted by Gasteiger charge is 2.34. The largest absolute Gasteiger partial charge is 0.480 e. The Kier molecular flexibility index (Phi) is 4.75. The number of hydrogen-bond acceptors (Lipinski definition) is 7. The summed E-state index contributed by atoms with van der Waals surface area (Å²) in [4.78, 5) is 19.6. The van der Waals surface area contributed by atoms with Gasteiger partial charge in [-0.2, -0.15) is 0 Å². The molecule has 2 aliphatic heterocycles. The highest BCUT2D eigenvalue weighted by molar-refractivity contribution is 7.90. The van der Waals surface area contributed by atoms with E-state index in [-0.39, 0.29) is 23.4 Å². The zero-order valence-corrected chi connectivity index (χ0v) is 14.3. The lowest BCUT2D eigenvalue weighted by molar-refractivity contribution is -0.138. The summed E-state index contributed by atoms with van der Waals surface area (Å²) >= 11 is 0. The van der Waals surface area contributed by atoms with E-state index in [1.54, 1.807) is 12.1 Å². The predicted octanol–water partition coefficient (Wildman–Crippen LogP) is -0.293. The van der Waals surface area contributed by atoms with Crippen LogP contribution in [0.5, 0.6) is 0 Å². The molecule has 132 valence electrons. The number of sulfone groups is 1. The van der Waals surface area contributed by atoms with Crippen molar-refractivity contribution in [1.82, 2.24) is 9.88 Å². The second-order valence-electron chi connectivity index (χ2n) is 6.42. The standard InChI is InChI=1S/C15H21N3O5S/c1-24(21,22)13-2-3-14(16-4-13)18-6-11-5-17(8-15(19)20)7-12(18)10-23-9-11/h2-4,11-12H,5-10H2,1H3,(H,19,20)/t11-,12-/m0/s1. The van der Waals surface area contributed by atoms with Crippen LogP contribution >= 0.6 is 0 Å². The van der Waals surface area contributed by atoms with E-state index in [2.05, 4.69) is 9.88 Å². The molecule has 3 rings (SSSR count). The summed E-state index contributed by atoms with van der Waals surface area (Å²) in [7, 11) is -3.28. The van der Waals surface area contributed by atoms with Crippen LogP contribution in [-0.2, 0) is 19.4 Å². The minimum atomic E-state index is -3.28. The van der Waals surface area contributed by atoms with E-state index in [0.717, 1.165) is 6.26 Å². The van der Waals surface area contributed by atoms with Gasteiger partial charge < -0.3 is 14.7 Å². The van der Waals surface area contributed by atoms with Crippen molar-refractivity contribution < 1.29 is 23.1 Å². The van der Waals surface area contributed by atoms with Crippen LogP contribution in [0.25, 0.3) is 0 Å². The normalized spacial score (nSPS) is 25.3. The van der Waals surface area contributed by atoms with Gasteiger partial charge in [0.1, 0.15) is 5.82 Å². The maximum absolute atomic E-state index is 11.6. The first kappa shape index (κ1) is 17.1. The summed E-state index contributed by atoms with van der Waals surface area (Å²) in [6.45, 7) is 3.07. The smallest absolute Gasteiger partial charge is 0.317 e. The molecule has 1 aromatic rings. The molecule has 0 spiro atoms. The molecule has 2 aliphatic rings. The number of anilines is 1. The Morgan fingerprint density at radius 3 is 2.75 bits per heavy atom. The lowest BCUT2D eigenvalue weighted by Crippen LogP contribution is -2.45. The summed E-state index contributed by atoms with van der Waals surface area (Å²) in [5.74, 6) is 0.0476. The molecule has 24 heavy (non-hydrogen) atoms. The fourth-order valence-corrected chi connectivity index (χ4v) is 3.86. The van der Waals surface area contributed by atoms with Crippen molar-refractivity contribution in [1.29, 1.82) is 0 Å². The van der Waals surface area contributed by atoms with Gasteiger partial charge in [-0.05, 0) is 12.1 Å². The van der Waals surface area contributed by atoms with Crippen LogP contribution in [0.15, 0.2) is 23.2 Å². The van der Waals surface area contributed by atoms with Gasteiger partial charge >= 0.3 is 5.97 Å². The Bertz CT molecular complexity index is 706. The first-order chi connectivity index (χ1) is 11.3. The van der Waals surface area contributed by atoms with Crippen LogP contribution in [0.4, 0.5) is 5.82 Å². The van der Waals surface area contributed by atoms with Crippen molar-refractivity contribution in [3.05, 3.63) is 18.3 Å². The number of aromatic nitrogens is 1. The number of carboxylic acids is 1. The number of aliphatic carboxylic acids is 1. The van der Waals surface area contributed by atoms with Crippen molar-refractivity contribution in [3.63, 3.8) is 0 Å². The number of nitrogens with zero attached hydrogens (tertiary/aromatic N) is 3. The Labute approximate surface area is 141 Å². The van der Waals surface area contributed by atoms with Crippen molar-refractivity contribution >= 4 is 21.6 Å². The van der Waals surface area contributed by atoms with Gasteiger partial charge in [0.15, 0.2) is 9.84 Å². The zero-order valence-electron chi connectivity index (χ0n) is 13.5. The number of fused-ring (bicyclic) bond motifs is 3. The molecule has 0 amide bonds. The van der Waals surface area contributed by atoms with E-state index in [1.165, 1.54) is 6.20 Å². The second kappa shape index (κ2) is 6.66. The first-order valence-electron chi connectivity index (χ1n) is 7.77.